The van der Waals surface area contributed by atoms with E-state index in [1.807, 2.05) is 0 Å². The summed E-state index contributed by atoms with van der Waals surface area (Å²) in [5.74, 6) is -1.91. The number of amides is 1. The first-order chi connectivity index (χ1) is 7.43. The van der Waals surface area contributed by atoms with Crippen LogP contribution in [0.1, 0.15) is 12.8 Å². The van der Waals surface area contributed by atoms with Crippen molar-refractivity contribution in [2.45, 2.75) is 18.9 Å². The maximum absolute atomic E-state index is 11.2. The van der Waals surface area contributed by atoms with E-state index in [1.165, 1.54) is 0 Å². The maximum atomic E-state index is 11.2. The Balaban J connectivity index is 0. The van der Waals surface area contributed by atoms with Crippen molar-refractivity contribution in [2.75, 3.05) is 13.1 Å². The van der Waals surface area contributed by atoms with E-state index < -0.39 is 24.5 Å². The van der Waals surface area contributed by atoms with Crippen molar-refractivity contribution in [1.82, 2.24) is 5.32 Å². The molecule has 9 heteroatoms. The maximum Gasteiger partial charge on any atom is 1.00 e. The minimum absolute atomic E-state index is 0. The van der Waals surface area contributed by atoms with Crippen molar-refractivity contribution in [3.05, 3.63) is 0 Å². The van der Waals surface area contributed by atoms with Crippen LogP contribution in [0, 0.1) is 0 Å². The third kappa shape index (κ3) is 11.0. The van der Waals surface area contributed by atoms with Gasteiger partial charge in [0, 0.05) is 6.54 Å². The fraction of sp³-hybridized carbons (Fsp3) is 0.625. The number of aliphatic imine (C=N–C) groups is 1. The molecule has 0 radical (unpaired) electrons. The summed E-state index contributed by atoms with van der Waals surface area (Å²) in [4.78, 5) is 24.9. The van der Waals surface area contributed by atoms with E-state index >= 15 is 0 Å². The van der Waals surface area contributed by atoms with Gasteiger partial charge in [-0.2, -0.15) is 0 Å². The van der Waals surface area contributed by atoms with E-state index in [0.717, 1.165) is 0 Å². The number of hydrogen-bond donors (Lipinski definition) is 4. The van der Waals surface area contributed by atoms with Gasteiger partial charge in [-0.05, 0) is 12.8 Å². The second-order valence-corrected chi connectivity index (χ2v) is 3.15. The fourth-order valence-electron chi connectivity index (χ4n) is 0.941. The largest absolute Gasteiger partial charge is 1.00 e. The van der Waals surface area contributed by atoms with Crippen LogP contribution in [0.2, 0.25) is 0 Å². The Hall–Kier alpha value is -1.23. The Morgan fingerprint density at radius 2 is 1.94 bits per heavy atom. The molecule has 0 fully saturated rings. The predicted octanol–water partition coefficient (Wildman–Crippen LogP) is -6.76. The molecule has 17 heavy (non-hydrogen) atoms. The Labute approximate surface area is 111 Å². The summed E-state index contributed by atoms with van der Waals surface area (Å²) in [6, 6.07) is -0.770. The average Bonchev–Trinajstić information content (AvgIpc) is 2.20. The number of nitrogens with zero attached hydrogens (tertiary/aromatic N) is 1. The molecule has 0 bridgehead atoms. The van der Waals surface area contributed by atoms with Gasteiger partial charge in [0.05, 0.1) is 18.6 Å². The molecule has 0 heterocycles. The van der Waals surface area contributed by atoms with Crippen molar-refractivity contribution in [2.24, 2.45) is 22.2 Å². The van der Waals surface area contributed by atoms with Crippen LogP contribution in [-0.4, -0.2) is 37.0 Å². The molecule has 1 amide bonds. The fourth-order valence-corrected chi connectivity index (χ4v) is 0.941. The van der Waals surface area contributed by atoms with Gasteiger partial charge in [0.25, 0.3) is 0 Å². The molecule has 1 atom stereocenters. The number of aliphatic carboxylic acids is 1. The summed E-state index contributed by atoms with van der Waals surface area (Å²) >= 11 is 0. The summed E-state index contributed by atoms with van der Waals surface area (Å²) in [5, 5.41) is 12.2. The third-order valence-electron chi connectivity index (χ3n) is 1.71. The molecule has 0 aromatic carbocycles. The number of nitrogens with two attached hydrogens (primary N) is 3. The van der Waals surface area contributed by atoms with Crippen LogP contribution in [0.15, 0.2) is 4.99 Å². The van der Waals surface area contributed by atoms with E-state index in [4.69, 9.17) is 17.2 Å². The Kier molecular flexibility index (Phi) is 10.6. The van der Waals surface area contributed by atoms with Gasteiger partial charge in [0.1, 0.15) is 0 Å². The number of hydrogen-bond acceptors (Lipinski definition) is 5. The Morgan fingerprint density at radius 1 is 1.35 bits per heavy atom. The van der Waals surface area contributed by atoms with Crippen molar-refractivity contribution < 1.29 is 33.6 Å². The number of guanidine groups is 1. The van der Waals surface area contributed by atoms with Crippen molar-refractivity contribution in [1.29, 1.82) is 0 Å². The molecule has 0 aliphatic rings. The summed E-state index contributed by atoms with van der Waals surface area (Å²) in [6.07, 6.45) is 0.910. The minimum Gasteiger partial charge on any atom is -0.548 e. The number of carbonyl (C=O) groups excluding carboxylic acids is 2. The SMILES string of the molecule is NC(N)=NCCC[C@H](N)C(=O)NCC(=O)[O-].[Li+]. The zero-order valence-electron chi connectivity index (χ0n) is 9.81. The first-order valence-corrected chi connectivity index (χ1v) is 4.72. The molecule has 0 rings (SSSR count). The molecule has 8 nitrogen and oxygen atoms in total. The number of carboxylic acid groups (broad SMARTS) is 1. The number of nitrogens with one attached hydrogen (secondary N) is 1. The molecular weight excluding hydrogens is 221 g/mol. The van der Waals surface area contributed by atoms with Crippen LogP contribution in [0.4, 0.5) is 0 Å². The van der Waals surface area contributed by atoms with Crippen LogP contribution in [0.5, 0.6) is 0 Å². The van der Waals surface area contributed by atoms with E-state index in [-0.39, 0.29) is 24.8 Å². The molecule has 0 unspecified atom stereocenters. The molecule has 0 aromatic heterocycles. The van der Waals surface area contributed by atoms with Crippen LogP contribution < -0.4 is 46.5 Å². The molecule has 0 saturated carbocycles. The van der Waals surface area contributed by atoms with Crippen LogP contribution >= 0.6 is 0 Å². The van der Waals surface area contributed by atoms with Crippen LogP contribution in [0.3, 0.4) is 0 Å². The van der Waals surface area contributed by atoms with Crippen molar-refractivity contribution >= 4 is 17.8 Å². The number of rotatable bonds is 7. The van der Waals surface area contributed by atoms with Gasteiger partial charge in [0.15, 0.2) is 5.96 Å². The molecular formula is C8H16LiN5O3. The van der Waals surface area contributed by atoms with Crippen LogP contribution in [-0.2, 0) is 9.59 Å². The van der Waals surface area contributed by atoms with Crippen LogP contribution in [0.25, 0.3) is 0 Å². The van der Waals surface area contributed by atoms with Gasteiger partial charge >= 0.3 is 18.9 Å². The Morgan fingerprint density at radius 3 is 2.41 bits per heavy atom. The van der Waals surface area contributed by atoms with Gasteiger partial charge in [-0.1, -0.05) is 0 Å². The monoisotopic (exact) mass is 237 g/mol. The molecule has 0 aliphatic carbocycles. The Bertz CT molecular complexity index is 280. The summed E-state index contributed by atoms with van der Waals surface area (Å²) in [7, 11) is 0. The standard InChI is InChI=1S/C8H17N5O3.Li/c9-5(2-1-3-12-8(10)11)7(16)13-4-6(14)15;/h5H,1-4,9H2,(H,13,16)(H,14,15)(H4,10,11,12);/q;+1/p-1/t5-;/m0./s1. The first kappa shape index (κ1) is 18.1. The molecule has 0 saturated heterocycles. The smallest absolute Gasteiger partial charge is 0.548 e. The first-order valence-electron chi connectivity index (χ1n) is 4.72. The average molecular weight is 237 g/mol. The number of carboxylic acids is 1. The van der Waals surface area contributed by atoms with Crippen molar-refractivity contribution in [3.8, 4) is 0 Å². The van der Waals surface area contributed by atoms with Gasteiger partial charge < -0.3 is 32.4 Å². The normalized spacial score (nSPS) is 10.9. The summed E-state index contributed by atoms with van der Waals surface area (Å²) in [6.45, 7) is -0.162. The second kappa shape index (κ2) is 9.96. The minimum atomic E-state index is -1.36. The zero-order valence-corrected chi connectivity index (χ0v) is 9.81. The van der Waals surface area contributed by atoms with E-state index in [0.29, 0.717) is 19.4 Å². The molecule has 0 aliphatic heterocycles. The second-order valence-electron chi connectivity index (χ2n) is 3.15. The van der Waals surface area contributed by atoms with Gasteiger partial charge in [0.2, 0.25) is 5.91 Å². The molecule has 92 valence electrons. The predicted molar refractivity (Wildman–Crippen MR) is 55.9 cm³/mol. The quantitative estimate of drug-likeness (QED) is 0.149. The summed E-state index contributed by atoms with van der Waals surface area (Å²) < 4.78 is 0. The topological polar surface area (TPSA) is 160 Å². The van der Waals surface area contributed by atoms with Gasteiger partial charge in [-0.15, -0.1) is 0 Å². The van der Waals surface area contributed by atoms with E-state index in [2.05, 4.69) is 10.3 Å². The van der Waals surface area contributed by atoms with Gasteiger partial charge in [-0.25, -0.2) is 0 Å². The van der Waals surface area contributed by atoms with E-state index in [1.54, 1.807) is 0 Å². The van der Waals surface area contributed by atoms with E-state index in [9.17, 15) is 14.7 Å². The van der Waals surface area contributed by atoms with Gasteiger partial charge in [-0.3, -0.25) is 9.79 Å². The van der Waals surface area contributed by atoms with Crippen molar-refractivity contribution in [3.63, 3.8) is 0 Å². The zero-order chi connectivity index (χ0) is 12.6. The third-order valence-corrected chi connectivity index (χ3v) is 1.71. The summed E-state index contributed by atoms with van der Waals surface area (Å²) in [5.41, 5.74) is 15.7. The molecule has 0 spiro atoms. The molecule has 7 N–H and O–H groups in total. The molecule has 0 aromatic rings. The number of carbonyl (C=O) groups is 2.